The van der Waals surface area contributed by atoms with Crippen LogP contribution in [0.2, 0.25) is 0 Å². The Labute approximate surface area is 125 Å². The highest BCUT2D eigenvalue weighted by Gasteiger charge is 2.04. The first-order valence-corrected chi connectivity index (χ1v) is 7.44. The lowest BCUT2D eigenvalue weighted by molar-refractivity contribution is 0.309. The lowest BCUT2D eigenvalue weighted by atomic mass is 9.99. The molecule has 1 aromatic heterocycles. The smallest absolute Gasteiger partial charge is 0.119 e. The standard InChI is InChI=1S/C19H19NO/c1-2-3-12-21-17-8-4-6-15(13-17)18-9-5-7-16-14-20-11-10-19(16)18/h4-11,13-14H,2-3,12H2,1H3. The van der Waals surface area contributed by atoms with Crippen LogP contribution in [0.5, 0.6) is 5.75 Å². The van der Waals surface area contributed by atoms with Crippen LogP contribution >= 0.6 is 0 Å². The molecule has 0 saturated heterocycles. The molecular formula is C19H19NO. The fourth-order valence-corrected chi connectivity index (χ4v) is 2.46. The third kappa shape index (κ3) is 3.05. The minimum absolute atomic E-state index is 0.777. The van der Waals surface area contributed by atoms with Gasteiger partial charge in [-0.3, -0.25) is 4.98 Å². The Hall–Kier alpha value is -2.35. The average molecular weight is 277 g/mol. The second-order valence-corrected chi connectivity index (χ2v) is 5.13. The van der Waals surface area contributed by atoms with Gasteiger partial charge in [-0.1, -0.05) is 43.7 Å². The van der Waals surface area contributed by atoms with Crippen molar-refractivity contribution >= 4 is 10.8 Å². The first-order chi connectivity index (χ1) is 10.4. The maximum absolute atomic E-state index is 5.81. The first kappa shape index (κ1) is 13.6. The van der Waals surface area contributed by atoms with Crippen molar-refractivity contribution in [2.75, 3.05) is 6.61 Å². The number of pyridine rings is 1. The number of unbranched alkanes of at least 4 members (excludes halogenated alkanes) is 1. The van der Waals surface area contributed by atoms with Crippen molar-refractivity contribution in [3.8, 4) is 16.9 Å². The summed E-state index contributed by atoms with van der Waals surface area (Å²) in [7, 11) is 0. The molecule has 0 N–H and O–H groups in total. The summed E-state index contributed by atoms with van der Waals surface area (Å²) >= 11 is 0. The molecule has 0 spiro atoms. The molecule has 0 aliphatic rings. The molecule has 1 heterocycles. The molecule has 3 aromatic rings. The molecule has 0 aliphatic carbocycles. The lowest BCUT2D eigenvalue weighted by Gasteiger charge is -2.09. The Kier molecular flexibility index (Phi) is 4.15. The number of aromatic nitrogens is 1. The summed E-state index contributed by atoms with van der Waals surface area (Å²) in [6.07, 6.45) is 5.98. The molecule has 3 rings (SSSR count). The van der Waals surface area contributed by atoms with Crippen molar-refractivity contribution in [1.82, 2.24) is 4.98 Å². The summed E-state index contributed by atoms with van der Waals surface area (Å²) in [5.41, 5.74) is 2.40. The normalized spacial score (nSPS) is 10.7. The molecule has 21 heavy (non-hydrogen) atoms. The van der Waals surface area contributed by atoms with Crippen LogP contribution in [0.25, 0.3) is 21.9 Å². The third-order valence-electron chi connectivity index (χ3n) is 3.59. The molecule has 2 heteroatoms. The van der Waals surface area contributed by atoms with Gasteiger partial charge < -0.3 is 4.74 Å². The maximum Gasteiger partial charge on any atom is 0.119 e. The summed E-state index contributed by atoms with van der Waals surface area (Å²) in [5.74, 6) is 0.937. The molecular weight excluding hydrogens is 258 g/mol. The Morgan fingerprint density at radius 2 is 1.95 bits per heavy atom. The predicted molar refractivity (Wildman–Crippen MR) is 87.6 cm³/mol. The number of benzene rings is 2. The van der Waals surface area contributed by atoms with Crippen LogP contribution in [0.1, 0.15) is 19.8 Å². The van der Waals surface area contributed by atoms with E-state index in [2.05, 4.69) is 54.4 Å². The Morgan fingerprint density at radius 1 is 1.05 bits per heavy atom. The van der Waals surface area contributed by atoms with E-state index in [9.17, 15) is 0 Å². The number of rotatable bonds is 5. The van der Waals surface area contributed by atoms with Crippen LogP contribution in [-0.2, 0) is 0 Å². The number of fused-ring (bicyclic) bond motifs is 1. The SMILES string of the molecule is CCCCOc1cccc(-c2cccc3cnccc23)c1. The topological polar surface area (TPSA) is 22.1 Å². The number of nitrogens with zero attached hydrogens (tertiary/aromatic N) is 1. The second-order valence-electron chi connectivity index (χ2n) is 5.13. The van der Waals surface area contributed by atoms with Gasteiger partial charge >= 0.3 is 0 Å². The lowest BCUT2D eigenvalue weighted by Crippen LogP contribution is -1.96. The van der Waals surface area contributed by atoms with Crippen molar-refractivity contribution in [3.63, 3.8) is 0 Å². The molecule has 0 unspecified atom stereocenters. The zero-order valence-electron chi connectivity index (χ0n) is 12.3. The van der Waals surface area contributed by atoms with Crippen molar-refractivity contribution < 1.29 is 4.74 Å². The minimum atomic E-state index is 0.777. The Bertz CT molecular complexity index is 731. The zero-order valence-corrected chi connectivity index (χ0v) is 12.3. The molecule has 0 saturated carbocycles. The Morgan fingerprint density at radius 3 is 2.86 bits per heavy atom. The van der Waals surface area contributed by atoms with Gasteiger partial charge in [0.2, 0.25) is 0 Å². The summed E-state index contributed by atoms with van der Waals surface area (Å²) < 4.78 is 5.81. The van der Waals surface area contributed by atoms with E-state index in [0.717, 1.165) is 30.6 Å². The summed E-state index contributed by atoms with van der Waals surface area (Å²) in [4.78, 5) is 4.19. The molecule has 0 radical (unpaired) electrons. The highest BCUT2D eigenvalue weighted by Crippen LogP contribution is 2.30. The van der Waals surface area contributed by atoms with Gasteiger partial charge in [-0.15, -0.1) is 0 Å². The van der Waals surface area contributed by atoms with E-state index < -0.39 is 0 Å². The van der Waals surface area contributed by atoms with E-state index >= 15 is 0 Å². The largest absolute Gasteiger partial charge is 0.494 e. The fourth-order valence-electron chi connectivity index (χ4n) is 2.46. The van der Waals surface area contributed by atoms with Crippen LogP contribution in [0.3, 0.4) is 0 Å². The van der Waals surface area contributed by atoms with Gasteiger partial charge in [-0.25, -0.2) is 0 Å². The van der Waals surface area contributed by atoms with E-state index in [-0.39, 0.29) is 0 Å². The van der Waals surface area contributed by atoms with Crippen molar-refractivity contribution in [1.29, 1.82) is 0 Å². The van der Waals surface area contributed by atoms with Crippen LogP contribution in [0.15, 0.2) is 60.9 Å². The van der Waals surface area contributed by atoms with Crippen LogP contribution in [-0.4, -0.2) is 11.6 Å². The van der Waals surface area contributed by atoms with Gasteiger partial charge in [0.1, 0.15) is 5.75 Å². The monoisotopic (exact) mass is 277 g/mol. The number of hydrogen-bond acceptors (Lipinski definition) is 2. The van der Waals surface area contributed by atoms with Gasteiger partial charge in [0, 0.05) is 17.8 Å². The van der Waals surface area contributed by atoms with Gasteiger partial charge in [0.05, 0.1) is 6.61 Å². The molecule has 0 atom stereocenters. The molecule has 106 valence electrons. The van der Waals surface area contributed by atoms with Gasteiger partial charge in [-0.2, -0.15) is 0 Å². The van der Waals surface area contributed by atoms with E-state index in [0.29, 0.717) is 0 Å². The minimum Gasteiger partial charge on any atom is -0.494 e. The van der Waals surface area contributed by atoms with E-state index in [1.807, 2.05) is 18.5 Å². The molecule has 2 nitrogen and oxygen atoms in total. The first-order valence-electron chi connectivity index (χ1n) is 7.44. The molecule has 0 fully saturated rings. The summed E-state index contributed by atoms with van der Waals surface area (Å²) in [6, 6.07) is 16.7. The third-order valence-corrected chi connectivity index (χ3v) is 3.59. The van der Waals surface area contributed by atoms with Crippen LogP contribution in [0.4, 0.5) is 0 Å². The number of ether oxygens (including phenoxy) is 1. The predicted octanol–water partition coefficient (Wildman–Crippen LogP) is 5.08. The highest BCUT2D eigenvalue weighted by atomic mass is 16.5. The highest BCUT2D eigenvalue weighted by molar-refractivity contribution is 5.96. The summed E-state index contributed by atoms with van der Waals surface area (Å²) in [6.45, 7) is 2.95. The maximum atomic E-state index is 5.81. The molecule has 2 aromatic carbocycles. The van der Waals surface area contributed by atoms with E-state index in [1.165, 1.54) is 16.5 Å². The van der Waals surface area contributed by atoms with Gasteiger partial charge in [0.25, 0.3) is 0 Å². The Balaban J connectivity index is 1.97. The van der Waals surface area contributed by atoms with E-state index in [4.69, 9.17) is 4.74 Å². The van der Waals surface area contributed by atoms with E-state index in [1.54, 1.807) is 0 Å². The zero-order chi connectivity index (χ0) is 14.5. The van der Waals surface area contributed by atoms with Crippen molar-refractivity contribution in [2.45, 2.75) is 19.8 Å². The van der Waals surface area contributed by atoms with Gasteiger partial charge in [-0.05, 0) is 41.1 Å². The average Bonchev–Trinajstić information content (AvgIpc) is 2.55. The quantitative estimate of drug-likeness (QED) is 0.607. The van der Waals surface area contributed by atoms with Crippen molar-refractivity contribution in [2.24, 2.45) is 0 Å². The second kappa shape index (κ2) is 6.40. The number of hydrogen-bond donors (Lipinski definition) is 0. The molecule has 0 aliphatic heterocycles. The van der Waals surface area contributed by atoms with Crippen molar-refractivity contribution in [3.05, 3.63) is 60.9 Å². The van der Waals surface area contributed by atoms with Crippen LogP contribution in [0, 0.1) is 0 Å². The van der Waals surface area contributed by atoms with Gasteiger partial charge in [0.15, 0.2) is 0 Å². The molecule has 0 amide bonds. The fraction of sp³-hybridized carbons (Fsp3) is 0.211. The summed E-state index contributed by atoms with van der Waals surface area (Å²) in [5, 5.41) is 2.38. The molecule has 0 bridgehead atoms. The van der Waals surface area contributed by atoms with Crippen LogP contribution < -0.4 is 4.74 Å².